The Morgan fingerprint density at radius 2 is 1.64 bits per heavy atom. The lowest BCUT2D eigenvalue weighted by Crippen LogP contribution is -2.32. The molecule has 2 amide bonds. The normalized spacial score (nSPS) is 10.4. The largest absolute Gasteiger partial charge is 0.497 e. The number of benzene rings is 2. The molecule has 0 aliphatic rings. The fourth-order valence-electron chi connectivity index (χ4n) is 1.82. The van der Waals surface area contributed by atoms with Gasteiger partial charge >= 0.3 is 11.8 Å². The Morgan fingerprint density at radius 3 is 2.28 bits per heavy atom. The number of ether oxygens (including phenoxy) is 2. The maximum atomic E-state index is 11.8. The summed E-state index contributed by atoms with van der Waals surface area (Å²) in [5.41, 5.74) is 3.33. The highest BCUT2D eigenvalue weighted by Crippen LogP contribution is 2.20. The van der Waals surface area contributed by atoms with Crippen molar-refractivity contribution in [2.24, 2.45) is 5.10 Å². The van der Waals surface area contributed by atoms with Crippen molar-refractivity contribution in [1.82, 2.24) is 5.43 Å². The van der Waals surface area contributed by atoms with Crippen LogP contribution in [-0.2, 0) is 9.59 Å². The van der Waals surface area contributed by atoms with Gasteiger partial charge in [0, 0.05) is 15.7 Å². The number of halogens is 1. The van der Waals surface area contributed by atoms with Gasteiger partial charge in [0.1, 0.15) is 11.5 Å². The average Bonchev–Trinajstić information content (AvgIpc) is 2.63. The van der Waals surface area contributed by atoms with E-state index in [1.54, 1.807) is 56.7 Å². The van der Waals surface area contributed by atoms with E-state index in [9.17, 15) is 9.59 Å². The van der Waals surface area contributed by atoms with E-state index < -0.39 is 11.8 Å². The molecule has 2 aromatic carbocycles. The van der Waals surface area contributed by atoms with Gasteiger partial charge in [-0.1, -0.05) is 15.9 Å². The number of hydrogen-bond donors (Lipinski definition) is 2. The van der Waals surface area contributed by atoms with E-state index in [1.165, 1.54) is 6.21 Å². The maximum Gasteiger partial charge on any atom is 0.329 e. The van der Waals surface area contributed by atoms with Crippen LogP contribution in [0.1, 0.15) is 5.56 Å². The van der Waals surface area contributed by atoms with Crippen molar-refractivity contribution in [1.29, 1.82) is 0 Å². The molecule has 0 fully saturated rings. The van der Waals surface area contributed by atoms with Gasteiger partial charge in [-0.05, 0) is 42.5 Å². The van der Waals surface area contributed by atoms with Gasteiger partial charge in [0.05, 0.1) is 20.4 Å². The zero-order chi connectivity index (χ0) is 18.2. The first-order valence-corrected chi connectivity index (χ1v) is 7.94. The SMILES string of the molecule is COc1ccc(NC(=O)C(=O)N/N=C/c2cc(OC)ccc2Br)cc1. The van der Waals surface area contributed by atoms with Gasteiger partial charge in [0.2, 0.25) is 0 Å². The molecule has 130 valence electrons. The Labute approximate surface area is 153 Å². The summed E-state index contributed by atoms with van der Waals surface area (Å²) >= 11 is 3.36. The number of methoxy groups -OCH3 is 2. The van der Waals surface area contributed by atoms with Crippen LogP contribution in [0.3, 0.4) is 0 Å². The van der Waals surface area contributed by atoms with E-state index in [2.05, 4.69) is 31.8 Å². The molecule has 0 atom stereocenters. The zero-order valence-corrected chi connectivity index (χ0v) is 15.2. The lowest BCUT2D eigenvalue weighted by Gasteiger charge is -2.05. The Hall–Kier alpha value is -2.87. The highest BCUT2D eigenvalue weighted by atomic mass is 79.9. The quantitative estimate of drug-likeness (QED) is 0.454. The first kappa shape index (κ1) is 18.5. The third-order valence-corrected chi connectivity index (χ3v) is 3.85. The maximum absolute atomic E-state index is 11.8. The van der Waals surface area contributed by atoms with Gasteiger partial charge < -0.3 is 14.8 Å². The van der Waals surface area contributed by atoms with E-state index >= 15 is 0 Å². The van der Waals surface area contributed by atoms with E-state index in [1.807, 2.05) is 0 Å². The zero-order valence-electron chi connectivity index (χ0n) is 13.6. The molecule has 2 N–H and O–H groups in total. The van der Waals surface area contributed by atoms with Crippen LogP contribution in [0.4, 0.5) is 5.69 Å². The molecule has 2 aromatic rings. The van der Waals surface area contributed by atoms with Crippen molar-refractivity contribution in [3.8, 4) is 11.5 Å². The fraction of sp³-hybridized carbons (Fsp3) is 0.118. The Kier molecular flexibility index (Phi) is 6.53. The molecule has 0 saturated carbocycles. The summed E-state index contributed by atoms with van der Waals surface area (Å²) in [5.74, 6) is -0.415. The standard InChI is InChI=1S/C17H16BrN3O4/c1-24-13-5-3-12(4-6-13)20-16(22)17(23)21-19-10-11-9-14(25-2)7-8-15(11)18/h3-10H,1-2H3,(H,20,22)(H,21,23)/b19-10+. The molecule has 0 radical (unpaired) electrons. The Balaban J connectivity index is 1.93. The molecular weight excluding hydrogens is 390 g/mol. The number of hydrazone groups is 1. The molecular formula is C17H16BrN3O4. The van der Waals surface area contributed by atoms with Crippen molar-refractivity contribution in [2.75, 3.05) is 19.5 Å². The van der Waals surface area contributed by atoms with Crippen LogP contribution >= 0.6 is 15.9 Å². The average molecular weight is 406 g/mol. The van der Waals surface area contributed by atoms with Gasteiger partial charge in [-0.2, -0.15) is 5.10 Å². The van der Waals surface area contributed by atoms with E-state index in [0.29, 0.717) is 22.7 Å². The third kappa shape index (κ3) is 5.32. The summed E-state index contributed by atoms with van der Waals surface area (Å²) in [7, 11) is 3.09. The smallest absolute Gasteiger partial charge is 0.329 e. The van der Waals surface area contributed by atoms with Crippen molar-refractivity contribution < 1.29 is 19.1 Å². The fourth-order valence-corrected chi connectivity index (χ4v) is 2.17. The second kappa shape index (κ2) is 8.84. The minimum absolute atomic E-state index is 0.473. The van der Waals surface area contributed by atoms with E-state index in [0.717, 1.165) is 4.47 Å². The predicted molar refractivity (Wildman–Crippen MR) is 98.1 cm³/mol. The molecule has 0 unspecified atom stereocenters. The molecule has 0 spiro atoms. The summed E-state index contributed by atoms with van der Waals surface area (Å²) in [6.45, 7) is 0. The molecule has 8 heteroatoms. The van der Waals surface area contributed by atoms with Crippen molar-refractivity contribution >= 4 is 39.6 Å². The summed E-state index contributed by atoms with van der Waals surface area (Å²) in [6, 6.07) is 11.9. The highest BCUT2D eigenvalue weighted by molar-refractivity contribution is 9.10. The number of carbonyl (C=O) groups excluding carboxylic acids is 2. The molecule has 0 bridgehead atoms. The first-order chi connectivity index (χ1) is 12.0. The third-order valence-electron chi connectivity index (χ3n) is 3.13. The number of hydrogen-bond acceptors (Lipinski definition) is 5. The van der Waals surface area contributed by atoms with Crippen molar-refractivity contribution in [3.05, 3.63) is 52.5 Å². The summed E-state index contributed by atoms with van der Waals surface area (Å²) < 4.78 is 10.9. The van der Waals surface area contributed by atoms with E-state index in [-0.39, 0.29) is 0 Å². The Bertz CT molecular complexity index is 791. The van der Waals surface area contributed by atoms with Crippen molar-refractivity contribution in [3.63, 3.8) is 0 Å². The second-order valence-electron chi connectivity index (χ2n) is 4.77. The lowest BCUT2D eigenvalue weighted by atomic mass is 10.2. The molecule has 0 saturated heterocycles. The van der Waals surface area contributed by atoms with Crippen LogP contribution in [0, 0.1) is 0 Å². The molecule has 0 aliphatic heterocycles. The number of anilines is 1. The number of nitrogens with one attached hydrogen (secondary N) is 2. The monoisotopic (exact) mass is 405 g/mol. The van der Waals surface area contributed by atoms with Gasteiger partial charge in [-0.15, -0.1) is 0 Å². The van der Waals surface area contributed by atoms with Crippen LogP contribution in [0.25, 0.3) is 0 Å². The van der Waals surface area contributed by atoms with Crippen LogP contribution in [0.2, 0.25) is 0 Å². The molecule has 7 nitrogen and oxygen atoms in total. The first-order valence-electron chi connectivity index (χ1n) is 7.15. The van der Waals surface area contributed by atoms with Crippen LogP contribution in [-0.4, -0.2) is 32.2 Å². The van der Waals surface area contributed by atoms with Crippen LogP contribution in [0.5, 0.6) is 11.5 Å². The highest BCUT2D eigenvalue weighted by Gasteiger charge is 2.12. The number of nitrogens with zero attached hydrogens (tertiary/aromatic N) is 1. The predicted octanol–water partition coefficient (Wildman–Crippen LogP) is 2.56. The summed E-state index contributed by atoms with van der Waals surface area (Å²) in [6.07, 6.45) is 1.41. The minimum atomic E-state index is -0.883. The number of amides is 2. The molecule has 2 rings (SSSR count). The topological polar surface area (TPSA) is 89.0 Å². The van der Waals surface area contributed by atoms with Gasteiger partial charge in [-0.25, -0.2) is 5.43 Å². The van der Waals surface area contributed by atoms with Crippen LogP contribution < -0.4 is 20.2 Å². The minimum Gasteiger partial charge on any atom is -0.497 e. The summed E-state index contributed by atoms with van der Waals surface area (Å²) in [4.78, 5) is 23.6. The van der Waals surface area contributed by atoms with Gasteiger partial charge in [-0.3, -0.25) is 9.59 Å². The molecule has 0 aliphatic carbocycles. The second-order valence-corrected chi connectivity index (χ2v) is 5.62. The molecule has 0 aromatic heterocycles. The number of carbonyl (C=O) groups is 2. The van der Waals surface area contributed by atoms with Gasteiger partial charge in [0.15, 0.2) is 0 Å². The van der Waals surface area contributed by atoms with Crippen LogP contribution in [0.15, 0.2) is 52.0 Å². The number of rotatable bonds is 5. The Morgan fingerprint density at radius 1 is 1.00 bits per heavy atom. The van der Waals surface area contributed by atoms with Gasteiger partial charge in [0.25, 0.3) is 0 Å². The molecule has 25 heavy (non-hydrogen) atoms. The lowest BCUT2D eigenvalue weighted by molar-refractivity contribution is -0.136. The van der Waals surface area contributed by atoms with E-state index in [4.69, 9.17) is 9.47 Å². The van der Waals surface area contributed by atoms with Crippen molar-refractivity contribution in [2.45, 2.75) is 0 Å². The molecule has 0 heterocycles. The summed E-state index contributed by atoms with van der Waals surface area (Å²) in [5, 5.41) is 6.24.